The summed E-state index contributed by atoms with van der Waals surface area (Å²) in [6, 6.07) is 10.5. The lowest BCUT2D eigenvalue weighted by molar-refractivity contribution is 0.0991. The number of anilines is 1. The Kier molecular flexibility index (Phi) is 1.76. The molecule has 0 aromatic heterocycles. The molecule has 1 heterocycles. The Balaban J connectivity index is 2.11. The van der Waals surface area contributed by atoms with E-state index in [2.05, 4.69) is 28.1 Å². The minimum atomic E-state index is 0.172. The summed E-state index contributed by atoms with van der Waals surface area (Å²) < 4.78 is 1.06. The summed E-state index contributed by atoms with van der Waals surface area (Å²) >= 11 is 3.56. The number of hydrogen-bond acceptors (Lipinski definition) is 1. The zero-order valence-electron chi connectivity index (χ0n) is 9.11. The third-order valence-electron chi connectivity index (χ3n) is 3.59. The fourth-order valence-electron chi connectivity index (χ4n) is 2.67. The lowest BCUT2D eigenvalue weighted by Gasteiger charge is -2.16. The Labute approximate surface area is 107 Å². The van der Waals surface area contributed by atoms with Crippen LogP contribution in [-0.2, 0) is 0 Å². The third kappa shape index (κ3) is 1.18. The van der Waals surface area contributed by atoms with Gasteiger partial charge in [0.1, 0.15) is 0 Å². The summed E-state index contributed by atoms with van der Waals surface area (Å²) in [6.07, 6.45) is 2.27. The molecule has 84 valence electrons. The molecule has 0 bridgehead atoms. The number of carbonyl (C=O) groups excluding carboxylic acids is 1. The van der Waals surface area contributed by atoms with Crippen molar-refractivity contribution in [1.82, 2.24) is 0 Å². The molecule has 1 aliphatic carbocycles. The highest BCUT2D eigenvalue weighted by Crippen LogP contribution is 2.44. The van der Waals surface area contributed by atoms with Crippen molar-refractivity contribution < 1.29 is 4.79 Å². The van der Waals surface area contributed by atoms with Gasteiger partial charge >= 0.3 is 0 Å². The number of hydrogen-bond donors (Lipinski definition) is 0. The van der Waals surface area contributed by atoms with Crippen LogP contribution >= 0.6 is 15.9 Å². The largest absolute Gasteiger partial charge is 0.305 e. The lowest BCUT2D eigenvalue weighted by Crippen LogP contribution is -2.28. The number of nitrogens with zero attached hydrogens (tertiary/aromatic N) is 1. The summed E-state index contributed by atoms with van der Waals surface area (Å²) in [6.45, 7) is 0. The van der Waals surface area contributed by atoms with E-state index in [4.69, 9.17) is 0 Å². The van der Waals surface area contributed by atoms with E-state index in [-0.39, 0.29) is 5.91 Å². The van der Waals surface area contributed by atoms with E-state index in [9.17, 15) is 4.79 Å². The van der Waals surface area contributed by atoms with E-state index in [1.807, 2.05) is 23.1 Å². The van der Waals surface area contributed by atoms with Gasteiger partial charge in [0.2, 0.25) is 0 Å². The molecule has 2 aromatic rings. The topological polar surface area (TPSA) is 20.3 Å². The first-order valence-corrected chi connectivity index (χ1v) is 6.61. The molecule has 4 rings (SSSR count). The first kappa shape index (κ1) is 9.66. The molecular weight excluding hydrogens is 278 g/mol. The molecule has 2 aliphatic rings. The maximum Gasteiger partial charge on any atom is 0.259 e. The van der Waals surface area contributed by atoms with E-state index < -0.39 is 0 Å². The summed E-state index contributed by atoms with van der Waals surface area (Å²) in [4.78, 5) is 14.4. The SMILES string of the molecule is O=C1c2cccc3c(Br)ccc(c23)N1C1CC1. The van der Waals surface area contributed by atoms with Gasteiger partial charge in [0, 0.05) is 21.5 Å². The smallest absolute Gasteiger partial charge is 0.259 e. The monoisotopic (exact) mass is 287 g/mol. The highest BCUT2D eigenvalue weighted by molar-refractivity contribution is 9.10. The van der Waals surface area contributed by atoms with Gasteiger partial charge in [0.25, 0.3) is 5.91 Å². The summed E-state index contributed by atoms with van der Waals surface area (Å²) in [5, 5.41) is 2.25. The molecule has 3 heteroatoms. The highest BCUT2D eigenvalue weighted by Gasteiger charge is 2.39. The van der Waals surface area contributed by atoms with Crippen LogP contribution in [0.25, 0.3) is 10.8 Å². The van der Waals surface area contributed by atoms with E-state index in [0.29, 0.717) is 6.04 Å². The van der Waals surface area contributed by atoms with Crippen molar-refractivity contribution in [3.63, 3.8) is 0 Å². The molecule has 1 amide bonds. The second-order valence-corrected chi connectivity index (χ2v) is 5.56. The van der Waals surface area contributed by atoms with Crippen molar-refractivity contribution in [1.29, 1.82) is 0 Å². The van der Waals surface area contributed by atoms with Crippen LogP contribution in [0.15, 0.2) is 34.8 Å². The molecule has 0 atom stereocenters. The van der Waals surface area contributed by atoms with E-state index in [1.54, 1.807) is 0 Å². The third-order valence-corrected chi connectivity index (χ3v) is 4.28. The quantitative estimate of drug-likeness (QED) is 0.783. The van der Waals surface area contributed by atoms with E-state index in [0.717, 1.165) is 39.3 Å². The number of amides is 1. The van der Waals surface area contributed by atoms with Crippen LogP contribution in [0.3, 0.4) is 0 Å². The first-order valence-electron chi connectivity index (χ1n) is 5.82. The lowest BCUT2D eigenvalue weighted by atomic mass is 10.1. The van der Waals surface area contributed by atoms with Gasteiger partial charge in [0.15, 0.2) is 0 Å². The fraction of sp³-hybridized carbons (Fsp3) is 0.214. The van der Waals surface area contributed by atoms with Crippen LogP contribution in [0.2, 0.25) is 0 Å². The Morgan fingerprint density at radius 1 is 1.18 bits per heavy atom. The van der Waals surface area contributed by atoms with E-state index >= 15 is 0 Å². The summed E-state index contributed by atoms with van der Waals surface area (Å²) in [5.41, 5.74) is 1.94. The second kappa shape index (κ2) is 3.10. The van der Waals surface area contributed by atoms with Gasteiger partial charge in [-0.15, -0.1) is 0 Å². The molecule has 1 aliphatic heterocycles. The average Bonchev–Trinajstić information content (AvgIpc) is 3.12. The van der Waals surface area contributed by atoms with Gasteiger partial charge in [0.05, 0.1) is 5.69 Å². The summed E-state index contributed by atoms with van der Waals surface area (Å²) in [5.74, 6) is 0.172. The molecule has 1 saturated carbocycles. The predicted octanol–water partition coefficient (Wildman–Crippen LogP) is 3.72. The fourth-order valence-corrected chi connectivity index (χ4v) is 3.13. The minimum Gasteiger partial charge on any atom is -0.305 e. The Bertz CT molecular complexity index is 661. The maximum absolute atomic E-state index is 12.4. The zero-order chi connectivity index (χ0) is 11.6. The molecular formula is C14H10BrNO. The van der Waals surface area contributed by atoms with Crippen LogP contribution in [0.5, 0.6) is 0 Å². The molecule has 0 N–H and O–H groups in total. The van der Waals surface area contributed by atoms with Gasteiger partial charge in [-0.2, -0.15) is 0 Å². The molecule has 0 radical (unpaired) electrons. The molecule has 0 spiro atoms. The number of carbonyl (C=O) groups is 1. The normalized spacial score (nSPS) is 18.2. The van der Waals surface area contributed by atoms with Crippen LogP contribution in [0.1, 0.15) is 23.2 Å². The van der Waals surface area contributed by atoms with Gasteiger partial charge < -0.3 is 4.90 Å². The van der Waals surface area contributed by atoms with Gasteiger partial charge in [-0.3, -0.25) is 4.79 Å². The van der Waals surface area contributed by atoms with Crippen molar-refractivity contribution >= 4 is 38.3 Å². The molecule has 1 fully saturated rings. The first-order chi connectivity index (χ1) is 8.27. The van der Waals surface area contributed by atoms with E-state index in [1.165, 1.54) is 0 Å². The molecule has 17 heavy (non-hydrogen) atoms. The Hall–Kier alpha value is -1.35. The molecule has 0 saturated heterocycles. The van der Waals surface area contributed by atoms with Crippen molar-refractivity contribution in [2.24, 2.45) is 0 Å². The molecule has 2 aromatic carbocycles. The minimum absolute atomic E-state index is 0.172. The number of rotatable bonds is 1. The average molecular weight is 288 g/mol. The summed E-state index contributed by atoms with van der Waals surface area (Å²) in [7, 11) is 0. The van der Waals surface area contributed by atoms with Gasteiger partial charge in [-0.25, -0.2) is 0 Å². The van der Waals surface area contributed by atoms with Crippen LogP contribution in [0.4, 0.5) is 5.69 Å². The Morgan fingerprint density at radius 2 is 2.00 bits per heavy atom. The predicted molar refractivity (Wildman–Crippen MR) is 71.5 cm³/mol. The van der Waals surface area contributed by atoms with Crippen LogP contribution in [-0.4, -0.2) is 11.9 Å². The van der Waals surface area contributed by atoms with Crippen LogP contribution in [0, 0.1) is 0 Å². The maximum atomic E-state index is 12.4. The molecule has 0 unspecified atom stereocenters. The van der Waals surface area contributed by atoms with Crippen molar-refractivity contribution in [3.8, 4) is 0 Å². The second-order valence-electron chi connectivity index (χ2n) is 4.70. The Morgan fingerprint density at radius 3 is 2.76 bits per heavy atom. The van der Waals surface area contributed by atoms with Crippen molar-refractivity contribution in [2.75, 3.05) is 4.90 Å². The van der Waals surface area contributed by atoms with Gasteiger partial charge in [-0.1, -0.05) is 28.1 Å². The van der Waals surface area contributed by atoms with Crippen LogP contribution < -0.4 is 4.90 Å². The molecule has 2 nitrogen and oxygen atoms in total. The standard InChI is InChI=1S/C14H10BrNO/c15-11-6-7-12-13-9(11)2-1-3-10(13)14(17)16(12)8-4-5-8/h1-3,6-8H,4-5H2. The van der Waals surface area contributed by atoms with Crippen molar-refractivity contribution in [2.45, 2.75) is 18.9 Å². The van der Waals surface area contributed by atoms with Crippen molar-refractivity contribution in [3.05, 3.63) is 40.4 Å². The zero-order valence-corrected chi connectivity index (χ0v) is 10.7. The van der Waals surface area contributed by atoms with Gasteiger partial charge in [-0.05, 0) is 36.4 Å². The highest BCUT2D eigenvalue weighted by atomic mass is 79.9. The number of halogens is 1. The number of benzene rings is 2.